The first-order chi connectivity index (χ1) is 4.95. The van der Waals surface area contributed by atoms with E-state index in [1.807, 2.05) is 0 Å². The van der Waals surface area contributed by atoms with Crippen LogP contribution in [0.4, 0.5) is 0 Å². The van der Waals surface area contributed by atoms with Gasteiger partial charge in [0.05, 0.1) is 12.2 Å². The van der Waals surface area contributed by atoms with Gasteiger partial charge in [-0.1, -0.05) is 24.3 Å². The fourth-order valence-electron chi connectivity index (χ4n) is 1.88. The van der Waals surface area contributed by atoms with Crippen LogP contribution in [0.5, 0.6) is 0 Å². The first-order valence-corrected chi connectivity index (χ1v) is 3.69. The van der Waals surface area contributed by atoms with Crippen molar-refractivity contribution >= 4 is 0 Å². The summed E-state index contributed by atoms with van der Waals surface area (Å²) in [5.74, 6) is 0. The largest absolute Gasteiger partial charge is 0.365 e. The maximum atomic E-state index is 5.52. The molecule has 2 unspecified atom stereocenters. The van der Waals surface area contributed by atoms with E-state index >= 15 is 0 Å². The summed E-state index contributed by atoms with van der Waals surface area (Å²) >= 11 is 0. The van der Waals surface area contributed by atoms with Gasteiger partial charge in [-0.15, -0.1) is 0 Å². The Morgan fingerprint density at radius 2 is 1.60 bits per heavy atom. The van der Waals surface area contributed by atoms with Crippen LogP contribution in [-0.2, 0) is 4.74 Å². The molecule has 1 aromatic rings. The van der Waals surface area contributed by atoms with Crippen molar-refractivity contribution in [3.63, 3.8) is 0 Å². The van der Waals surface area contributed by atoms with Gasteiger partial charge in [0, 0.05) is 6.42 Å². The molecular formula is C9H8O. The molecule has 50 valence electrons. The minimum absolute atomic E-state index is 0.446. The van der Waals surface area contributed by atoms with Crippen LogP contribution in [0.1, 0.15) is 29.8 Å². The highest BCUT2D eigenvalue weighted by atomic mass is 16.5. The second-order valence-electron chi connectivity index (χ2n) is 2.98. The first-order valence-electron chi connectivity index (χ1n) is 3.69. The Balaban J connectivity index is 2.29. The SMILES string of the molecule is c1ccc2c(c1)C1CC2O1. The van der Waals surface area contributed by atoms with Crippen LogP contribution < -0.4 is 0 Å². The van der Waals surface area contributed by atoms with Gasteiger partial charge >= 0.3 is 0 Å². The number of hydrogen-bond acceptors (Lipinski definition) is 1. The molecule has 0 saturated carbocycles. The van der Waals surface area contributed by atoms with Gasteiger partial charge in [-0.05, 0) is 11.1 Å². The van der Waals surface area contributed by atoms with Crippen LogP contribution in [0.3, 0.4) is 0 Å². The second-order valence-corrected chi connectivity index (χ2v) is 2.98. The summed E-state index contributed by atoms with van der Waals surface area (Å²) in [6, 6.07) is 8.52. The molecule has 2 aliphatic heterocycles. The molecule has 1 aromatic carbocycles. The zero-order valence-corrected chi connectivity index (χ0v) is 5.58. The molecule has 1 fully saturated rings. The topological polar surface area (TPSA) is 9.23 Å². The summed E-state index contributed by atoms with van der Waals surface area (Å²) in [7, 11) is 0. The van der Waals surface area contributed by atoms with Gasteiger partial charge < -0.3 is 4.74 Å². The fourth-order valence-corrected chi connectivity index (χ4v) is 1.88. The Morgan fingerprint density at radius 1 is 1.10 bits per heavy atom. The van der Waals surface area contributed by atoms with E-state index in [-0.39, 0.29) is 0 Å². The smallest absolute Gasteiger partial charge is 0.0865 e. The van der Waals surface area contributed by atoms with Crippen LogP contribution in [0.15, 0.2) is 24.3 Å². The highest BCUT2D eigenvalue weighted by Crippen LogP contribution is 2.54. The molecule has 2 heterocycles. The molecule has 1 saturated heterocycles. The standard InChI is InChI=1S/C9H8O/c1-2-4-7-6(3-1)8-5-9(7)10-8/h1-4,8-9H,5H2. The van der Waals surface area contributed by atoms with Crippen LogP contribution in [0.25, 0.3) is 0 Å². The monoisotopic (exact) mass is 132 g/mol. The van der Waals surface area contributed by atoms with Crippen molar-refractivity contribution in [2.24, 2.45) is 0 Å². The lowest BCUT2D eigenvalue weighted by Crippen LogP contribution is -2.11. The van der Waals surface area contributed by atoms with Crippen molar-refractivity contribution in [1.82, 2.24) is 0 Å². The second kappa shape index (κ2) is 1.43. The molecule has 3 aliphatic rings. The Kier molecular flexibility index (Phi) is 0.702. The summed E-state index contributed by atoms with van der Waals surface area (Å²) in [5, 5.41) is 0. The van der Waals surface area contributed by atoms with E-state index in [1.165, 1.54) is 17.5 Å². The van der Waals surface area contributed by atoms with Crippen LogP contribution in [-0.4, -0.2) is 0 Å². The summed E-state index contributed by atoms with van der Waals surface area (Å²) in [6.45, 7) is 0. The molecule has 2 atom stereocenters. The van der Waals surface area contributed by atoms with Crippen molar-refractivity contribution < 1.29 is 4.74 Å². The lowest BCUT2D eigenvalue weighted by Gasteiger charge is -2.24. The molecule has 0 spiro atoms. The van der Waals surface area contributed by atoms with E-state index in [0.29, 0.717) is 12.2 Å². The van der Waals surface area contributed by atoms with Gasteiger partial charge in [-0.2, -0.15) is 0 Å². The maximum Gasteiger partial charge on any atom is 0.0865 e. The third kappa shape index (κ3) is 0.400. The Labute approximate surface area is 59.6 Å². The molecule has 4 rings (SSSR count). The number of rotatable bonds is 0. The van der Waals surface area contributed by atoms with Gasteiger partial charge in [0.1, 0.15) is 0 Å². The van der Waals surface area contributed by atoms with Crippen molar-refractivity contribution in [2.75, 3.05) is 0 Å². The molecule has 0 aromatic heterocycles. The number of benzene rings is 1. The van der Waals surface area contributed by atoms with Crippen molar-refractivity contribution in [3.8, 4) is 0 Å². The zero-order chi connectivity index (χ0) is 6.55. The van der Waals surface area contributed by atoms with E-state index in [4.69, 9.17) is 4.74 Å². The van der Waals surface area contributed by atoms with E-state index in [2.05, 4.69) is 24.3 Å². The quantitative estimate of drug-likeness (QED) is 0.525. The maximum absolute atomic E-state index is 5.52. The van der Waals surface area contributed by atoms with Gasteiger partial charge in [0.15, 0.2) is 0 Å². The average Bonchev–Trinajstić information content (AvgIpc) is 2.36. The third-order valence-corrected chi connectivity index (χ3v) is 2.45. The summed E-state index contributed by atoms with van der Waals surface area (Å²) in [4.78, 5) is 0. The zero-order valence-electron chi connectivity index (χ0n) is 5.58. The molecule has 2 bridgehead atoms. The Hall–Kier alpha value is -0.820. The van der Waals surface area contributed by atoms with Gasteiger partial charge in [0.2, 0.25) is 0 Å². The van der Waals surface area contributed by atoms with Gasteiger partial charge in [-0.25, -0.2) is 0 Å². The van der Waals surface area contributed by atoms with Crippen molar-refractivity contribution in [2.45, 2.75) is 18.6 Å². The van der Waals surface area contributed by atoms with E-state index in [1.54, 1.807) is 0 Å². The highest BCUT2D eigenvalue weighted by molar-refractivity contribution is 5.39. The lowest BCUT2D eigenvalue weighted by atomic mass is 10.1. The van der Waals surface area contributed by atoms with Gasteiger partial charge in [-0.3, -0.25) is 0 Å². The minimum atomic E-state index is 0.446. The highest BCUT2D eigenvalue weighted by Gasteiger charge is 2.42. The summed E-state index contributed by atoms with van der Waals surface area (Å²) in [6.07, 6.45) is 2.11. The van der Waals surface area contributed by atoms with E-state index < -0.39 is 0 Å². The molecular weight excluding hydrogens is 124 g/mol. The summed E-state index contributed by atoms with van der Waals surface area (Å²) in [5.41, 5.74) is 2.85. The Morgan fingerprint density at radius 3 is 2.10 bits per heavy atom. The molecule has 0 amide bonds. The lowest BCUT2D eigenvalue weighted by molar-refractivity contribution is -0.103. The van der Waals surface area contributed by atoms with Gasteiger partial charge in [0.25, 0.3) is 0 Å². The molecule has 1 aliphatic carbocycles. The van der Waals surface area contributed by atoms with E-state index in [9.17, 15) is 0 Å². The van der Waals surface area contributed by atoms with Crippen LogP contribution in [0.2, 0.25) is 0 Å². The first kappa shape index (κ1) is 4.91. The molecule has 10 heavy (non-hydrogen) atoms. The van der Waals surface area contributed by atoms with E-state index in [0.717, 1.165) is 0 Å². The average molecular weight is 132 g/mol. The third-order valence-electron chi connectivity index (χ3n) is 2.45. The minimum Gasteiger partial charge on any atom is -0.365 e. The molecule has 1 nitrogen and oxygen atoms in total. The molecule has 0 radical (unpaired) electrons. The number of hydrogen-bond donors (Lipinski definition) is 0. The Bertz CT molecular complexity index is 247. The number of ether oxygens (including phenoxy) is 1. The molecule has 1 heteroatoms. The predicted octanol–water partition coefficient (Wildman–Crippen LogP) is 2.20. The fraction of sp³-hybridized carbons (Fsp3) is 0.333. The van der Waals surface area contributed by atoms with Crippen LogP contribution in [0, 0.1) is 0 Å². The summed E-state index contributed by atoms with van der Waals surface area (Å²) < 4.78 is 5.52. The van der Waals surface area contributed by atoms with Crippen molar-refractivity contribution in [1.29, 1.82) is 0 Å². The molecule has 0 N–H and O–H groups in total. The van der Waals surface area contributed by atoms with Crippen molar-refractivity contribution in [3.05, 3.63) is 35.4 Å². The van der Waals surface area contributed by atoms with Crippen LogP contribution >= 0.6 is 0 Å². The normalized spacial score (nSPS) is 33.2. The predicted molar refractivity (Wildman–Crippen MR) is 37.6 cm³/mol.